The largest absolute Gasteiger partial charge is 0.458 e. The molecule has 0 bridgehead atoms. The van der Waals surface area contributed by atoms with Crippen molar-refractivity contribution in [2.24, 2.45) is 34.5 Å². The molecule has 7 heteroatoms. The minimum absolute atomic E-state index is 0.0959. The molecule has 0 spiro atoms. The second-order valence-electron chi connectivity index (χ2n) is 13.2. The van der Waals surface area contributed by atoms with Gasteiger partial charge in [0, 0.05) is 31.1 Å². The van der Waals surface area contributed by atoms with Crippen molar-refractivity contribution < 1.29 is 34.0 Å². The van der Waals surface area contributed by atoms with Crippen molar-refractivity contribution in [3.63, 3.8) is 0 Å². The van der Waals surface area contributed by atoms with Gasteiger partial charge in [-0.05, 0) is 86.0 Å². The second-order valence-corrected chi connectivity index (χ2v) is 13.2. The van der Waals surface area contributed by atoms with Crippen LogP contribution >= 0.6 is 0 Å². The molecule has 2 N–H and O–H groups in total. The number of carbonyl (C=O) groups is 1. The van der Waals surface area contributed by atoms with Crippen molar-refractivity contribution in [1.82, 2.24) is 0 Å². The lowest BCUT2D eigenvalue weighted by Gasteiger charge is -2.61. The fourth-order valence-corrected chi connectivity index (χ4v) is 9.55. The molecule has 2 heterocycles. The Morgan fingerprint density at radius 3 is 2.62 bits per heavy atom. The highest BCUT2D eigenvalue weighted by Crippen LogP contribution is 2.67. The van der Waals surface area contributed by atoms with E-state index in [4.69, 9.17) is 18.9 Å². The number of methoxy groups -OCH3 is 1. The first kappa shape index (κ1) is 26.0. The Hall–Kier alpha value is -1.25. The van der Waals surface area contributed by atoms with E-state index in [9.17, 15) is 15.0 Å². The molecule has 12 atom stereocenters. The Bertz CT molecular complexity index is 975. The predicted molar refractivity (Wildman–Crippen MR) is 136 cm³/mol. The first-order valence-electron chi connectivity index (χ1n) is 14.4. The molecule has 3 saturated carbocycles. The van der Waals surface area contributed by atoms with Crippen LogP contribution in [0.5, 0.6) is 0 Å². The highest BCUT2D eigenvalue weighted by Gasteiger charge is 2.61. The summed E-state index contributed by atoms with van der Waals surface area (Å²) < 4.78 is 23.2. The van der Waals surface area contributed by atoms with Crippen LogP contribution < -0.4 is 0 Å². The van der Waals surface area contributed by atoms with Gasteiger partial charge in [0.25, 0.3) is 0 Å². The SMILES string of the molecule is COC1CC(OC2CCC3(C)C(CCC4C5C(O)C=C(C6=CC(=O)OC6)C5(C)CCC43)C2)OC(C)C1O. The van der Waals surface area contributed by atoms with Gasteiger partial charge in [0.2, 0.25) is 0 Å². The average molecular weight is 517 g/mol. The molecular formula is C30H44O7. The molecule has 4 fully saturated rings. The van der Waals surface area contributed by atoms with Crippen LogP contribution in [0.2, 0.25) is 0 Å². The number of fused-ring (bicyclic) bond motifs is 5. The molecular weight excluding hydrogens is 472 g/mol. The van der Waals surface area contributed by atoms with Gasteiger partial charge in [0.05, 0.1) is 24.4 Å². The van der Waals surface area contributed by atoms with E-state index in [-0.39, 0.29) is 47.3 Å². The van der Waals surface area contributed by atoms with Gasteiger partial charge < -0.3 is 29.2 Å². The van der Waals surface area contributed by atoms with E-state index >= 15 is 0 Å². The summed E-state index contributed by atoms with van der Waals surface area (Å²) in [4.78, 5) is 11.8. The molecule has 12 unspecified atom stereocenters. The summed E-state index contributed by atoms with van der Waals surface area (Å²) in [6.45, 7) is 7.04. The van der Waals surface area contributed by atoms with Gasteiger partial charge >= 0.3 is 5.97 Å². The van der Waals surface area contributed by atoms with Gasteiger partial charge in [-0.2, -0.15) is 0 Å². The molecule has 0 amide bonds. The Kier molecular flexibility index (Phi) is 6.63. The third kappa shape index (κ3) is 4.15. The van der Waals surface area contributed by atoms with Gasteiger partial charge in [0.15, 0.2) is 6.29 Å². The number of cyclic esters (lactones) is 1. The van der Waals surface area contributed by atoms with Crippen molar-refractivity contribution in [3.8, 4) is 0 Å². The summed E-state index contributed by atoms with van der Waals surface area (Å²) in [7, 11) is 1.64. The molecule has 4 aliphatic carbocycles. The number of hydrogen-bond donors (Lipinski definition) is 2. The number of carbonyl (C=O) groups excluding carboxylic acids is 1. The van der Waals surface area contributed by atoms with Crippen molar-refractivity contribution in [2.75, 3.05) is 13.7 Å². The lowest BCUT2D eigenvalue weighted by molar-refractivity contribution is -0.271. The minimum Gasteiger partial charge on any atom is -0.458 e. The van der Waals surface area contributed by atoms with Crippen LogP contribution in [0.1, 0.15) is 72.1 Å². The molecule has 0 aromatic rings. The lowest BCUT2D eigenvalue weighted by Crippen LogP contribution is -2.56. The maximum Gasteiger partial charge on any atom is 0.331 e. The lowest BCUT2D eigenvalue weighted by atomic mass is 9.44. The summed E-state index contributed by atoms with van der Waals surface area (Å²) in [5.41, 5.74) is 2.28. The van der Waals surface area contributed by atoms with E-state index in [2.05, 4.69) is 13.8 Å². The van der Waals surface area contributed by atoms with Gasteiger partial charge in [0.1, 0.15) is 12.7 Å². The molecule has 2 aliphatic heterocycles. The fourth-order valence-electron chi connectivity index (χ4n) is 9.55. The normalized spacial score (nSPS) is 51.5. The predicted octanol–water partition coefficient (Wildman–Crippen LogP) is 3.92. The van der Waals surface area contributed by atoms with Gasteiger partial charge in [-0.15, -0.1) is 0 Å². The van der Waals surface area contributed by atoms with E-state index in [1.807, 2.05) is 13.0 Å². The van der Waals surface area contributed by atoms with E-state index in [1.54, 1.807) is 13.2 Å². The highest BCUT2D eigenvalue weighted by atomic mass is 16.7. The van der Waals surface area contributed by atoms with Crippen LogP contribution in [-0.2, 0) is 23.7 Å². The minimum atomic E-state index is -0.620. The number of esters is 1. The van der Waals surface area contributed by atoms with Crippen LogP contribution in [0.4, 0.5) is 0 Å². The van der Waals surface area contributed by atoms with E-state index in [0.717, 1.165) is 49.7 Å². The molecule has 6 aliphatic rings. The maximum absolute atomic E-state index is 11.8. The number of ether oxygens (including phenoxy) is 4. The molecule has 0 aromatic heterocycles. The molecule has 6 rings (SSSR count). The Balaban J connectivity index is 1.14. The smallest absolute Gasteiger partial charge is 0.331 e. The summed E-state index contributed by atoms with van der Waals surface area (Å²) in [6, 6.07) is 0. The van der Waals surface area contributed by atoms with Crippen LogP contribution in [0, 0.1) is 34.5 Å². The second kappa shape index (κ2) is 9.44. The highest BCUT2D eigenvalue weighted by molar-refractivity contribution is 5.86. The van der Waals surface area contributed by atoms with Crippen LogP contribution in [0.3, 0.4) is 0 Å². The fraction of sp³-hybridized carbons (Fsp3) is 0.833. The first-order chi connectivity index (χ1) is 17.6. The summed E-state index contributed by atoms with van der Waals surface area (Å²) in [5.74, 6) is 1.64. The molecule has 1 saturated heterocycles. The van der Waals surface area contributed by atoms with Crippen LogP contribution in [0.25, 0.3) is 0 Å². The number of hydrogen-bond acceptors (Lipinski definition) is 7. The van der Waals surface area contributed by atoms with Crippen molar-refractivity contribution in [1.29, 1.82) is 0 Å². The van der Waals surface area contributed by atoms with E-state index < -0.39 is 12.2 Å². The average Bonchev–Trinajstić information content (AvgIpc) is 3.41. The van der Waals surface area contributed by atoms with Crippen LogP contribution in [0.15, 0.2) is 23.3 Å². The van der Waals surface area contributed by atoms with Gasteiger partial charge in [-0.3, -0.25) is 0 Å². The van der Waals surface area contributed by atoms with E-state index in [0.29, 0.717) is 30.8 Å². The first-order valence-corrected chi connectivity index (χ1v) is 14.4. The van der Waals surface area contributed by atoms with Gasteiger partial charge in [-0.25, -0.2) is 4.79 Å². The topological polar surface area (TPSA) is 94.5 Å². The molecule has 37 heavy (non-hydrogen) atoms. The number of aliphatic hydroxyl groups is 2. The van der Waals surface area contributed by atoms with Gasteiger partial charge in [-0.1, -0.05) is 19.9 Å². The zero-order valence-electron chi connectivity index (χ0n) is 22.7. The van der Waals surface area contributed by atoms with Crippen molar-refractivity contribution >= 4 is 5.97 Å². The Morgan fingerprint density at radius 1 is 1.08 bits per heavy atom. The van der Waals surface area contributed by atoms with E-state index in [1.165, 1.54) is 6.42 Å². The third-order valence-corrected chi connectivity index (χ3v) is 11.5. The van der Waals surface area contributed by atoms with Crippen molar-refractivity contribution in [3.05, 3.63) is 23.3 Å². The molecule has 0 radical (unpaired) electrons. The Morgan fingerprint density at radius 2 is 1.89 bits per heavy atom. The zero-order valence-corrected chi connectivity index (χ0v) is 22.7. The number of aliphatic hydroxyl groups excluding tert-OH is 2. The van der Waals surface area contributed by atoms with Crippen molar-refractivity contribution in [2.45, 2.75) is 109 Å². The third-order valence-electron chi connectivity index (χ3n) is 11.5. The summed E-state index contributed by atoms with van der Waals surface area (Å²) in [5, 5.41) is 21.6. The maximum atomic E-state index is 11.8. The zero-order chi connectivity index (χ0) is 26.1. The quantitative estimate of drug-likeness (QED) is 0.432. The standard InChI is InChI=1S/C30H44O7/c1-16-28(33)24(34-4)14-26(36-16)37-19-7-9-29(2)18(12-19)5-6-20-21(29)8-10-30(3)22(13-23(31)27(20)30)17-11-25(32)35-15-17/h11,13,16,18-21,23-24,26-28,31,33H,5-10,12,14-15H2,1-4H3. The molecule has 7 nitrogen and oxygen atoms in total. The van der Waals surface area contributed by atoms with Crippen LogP contribution in [-0.4, -0.2) is 66.7 Å². The summed E-state index contributed by atoms with van der Waals surface area (Å²) in [6.07, 6.45) is 10.2. The Labute approximate surface area is 220 Å². The molecule has 206 valence electrons. The summed E-state index contributed by atoms with van der Waals surface area (Å²) >= 11 is 0. The molecule has 0 aromatic carbocycles. The monoisotopic (exact) mass is 516 g/mol. The number of rotatable bonds is 4.